The lowest BCUT2D eigenvalue weighted by molar-refractivity contribution is -0.116. The summed E-state index contributed by atoms with van der Waals surface area (Å²) >= 11 is 0. The molecular weight excluding hydrogens is 398 g/mol. The van der Waals surface area contributed by atoms with Crippen LogP contribution in [-0.2, 0) is 16.0 Å². The molecule has 1 aliphatic rings. The van der Waals surface area contributed by atoms with E-state index in [2.05, 4.69) is 41.4 Å². The number of hydrogen-bond donors (Lipinski definition) is 1. The van der Waals surface area contributed by atoms with Gasteiger partial charge >= 0.3 is 6.09 Å². The molecule has 0 unspecified atom stereocenters. The number of carbonyl (C=O) groups excluding carboxylic acids is 2. The van der Waals surface area contributed by atoms with Gasteiger partial charge in [-0.2, -0.15) is 0 Å². The zero-order chi connectivity index (χ0) is 22.3. The molecule has 0 aliphatic heterocycles. The van der Waals surface area contributed by atoms with Crippen molar-refractivity contribution in [1.82, 2.24) is 5.32 Å². The van der Waals surface area contributed by atoms with Crippen LogP contribution in [0.1, 0.15) is 41.5 Å². The van der Waals surface area contributed by atoms with Gasteiger partial charge in [-0.3, -0.25) is 4.79 Å². The molecule has 4 rings (SSSR count). The topological polar surface area (TPSA) is 55.4 Å². The van der Waals surface area contributed by atoms with Gasteiger partial charge in [0.25, 0.3) is 0 Å². The van der Waals surface area contributed by atoms with Crippen molar-refractivity contribution in [3.8, 4) is 23.0 Å². The molecule has 0 atom stereocenters. The van der Waals surface area contributed by atoms with Crippen LogP contribution in [0.3, 0.4) is 0 Å². The minimum atomic E-state index is -0.428. The van der Waals surface area contributed by atoms with E-state index in [1.54, 1.807) is 6.92 Å². The van der Waals surface area contributed by atoms with Crippen LogP contribution < -0.4 is 5.32 Å². The first kappa shape index (κ1) is 21.4. The summed E-state index contributed by atoms with van der Waals surface area (Å²) in [5, 5.41) is 2.77. The molecule has 32 heavy (non-hydrogen) atoms. The van der Waals surface area contributed by atoms with Crippen molar-refractivity contribution in [2.24, 2.45) is 0 Å². The number of carbonyl (C=O) groups is 2. The second-order valence-electron chi connectivity index (χ2n) is 7.88. The summed E-state index contributed by atoms with van der Waals surface area (Å²) in [6, 6.07) is 24.2. The molecule has 0 saturated heterocycles. The van der Waals surface area contributed by atoms with Gasteiger partial charge in [0.15, 0.2) is 0 Å². The number of ether oxygens (including phenoxy) is 1. The van der Waals surface area contributed by atoms with Crippen molar-refractivity contribution in [2.75, 3.05) is 13.2 Å². The van der Waals surface area contributed by atoms with Crippen LogP contribution in [0.5, 0.6) is 0 Å². The molecule has 1 amide bonds. The predicted octanol–water partition coefficient (Wildman–Crippen LogP) is 5.10. The fourth-order valence-electron chi connectivity index (χ4n) is 4.03. The SMILES string of the molecule is CC(=O)Cc1ccc(C#CCCNC(=O)OCC2c3ccccc3-c3ccccc32)cc1. The fraction of sp³-hybridized carbons (Fsp3) is 0.214. The van der Waals surface area contributed by atoms with Gasteiger partial charge in [-0.1, -0.05) is 72.5 Å². The van der Waals surface area contributed by atoms with Gasteiger partial charge in [0, 0.05) is 30.9 Å². The average Bonchev–Trinajstić information content (AvgIpc) is 3.12. The number of rotatable bonds is 6. The Balaban J connectivity index is 1.25. The van der Waals surface area contributed by atoms with Crippen LogP contribution >= 0.6 is 0 Å². The Morgan fingerprint density at radius 2 is 1.53 bits per heavy atom. The maximum Gasteiger partial charge on any atom is 0.407 e. The average molecular weight is 424 g/mol. The zero-order valence-corrected chi connectivity index (χ0v) is 18.1. The van der Waals surface area contributed by atoms with E-state index in [-0.39, 0.29) is 11.7 Å². The van der Waals surface area contributed by atoms with Gasteiger partial charge < -0.3 is 10.1 Å². The van der Waals surface area contributed by atoms with Gasteiger partial charge in [0.2, 0.25) is 0 Å². The second-order valence-corrected chi connectivity index (χ2v) is 7.88. The molecule has 0 fully saturated rings. The van der Waals surface area contributed by atoms with Gasteiger partial charge in [-0.05, 0) is 46.9 Å². The Labute approximate surface area is 188 Å². The van der Waals surface area contributed by atoms with E-state index in [0.717, 1.165) is 11.1 Å². The Morgan fingerprint density at radius 3 is 2.16 bits per heavy atom. The Kier molecular flexibility index (Phi) is 6.67. The highest BCUT2D eigenvalue weighted by atomic mass is 16.5. The summed E-state index contributed by atoms with van der Waals surface area (Å²) in [6.07, 6.45) is 0.541. The lowest BCUT2D eigenvalue weighted by Gasteiger charge is -2.14. The van der Waals surface area contributed by atoms with E-state index >= 15 is 0 Å². The summed E-state index contributed by atoms with van der Waals surface area (Å²) in [5.41, 5.74) is 6.69. The lowest BCUT2D eigenvalue weighted by Crippen LogP contribution is -2.26. The first-order valence-corrected chi connectivity index (χ1v) is 10.8. The minimum Gasteiger partial charge on any atom is -0.449 e. The summed E-state index contributed by atoms with van der Waals surface area (Å²) in [7, 11) is 0. The standard InChI is InChI=1S/C28H25NO3/c1-20(30)18-22-15-13-21(14-16-22)8-6-7-17-29-28(31)32-19-27-25-11-4-2-9-23(25)24-10-3-5-12-26(24)27/h2-5,9-16,27H,7,17-19H2,1H3,(H,29,31). The number of ketones is 1. The number of hydrogen-bond acceptors (Lipinski definition) is 3. The maximum atomic E-state index is 12.2. The van der Waals surface area contributed by atoms with E-state index in [1.165, 1.54) is 22.3 Å². The van der Waals surface area contributed by atoms with E-state index in [4.69, 9.17) is 4.74 Å². The van der Waals surface area contributed by atoms with E-state index in [1.807, 2.05) is 48.5 Å². The Morgan fingerprint density at radius 1 is 0.906 bits per heavy atom. The van der Waals surface area contributed by atoms with Crippen molar-refractivity contribution in [3.63, 3.8) is 0 Å². The molecule has 0 aromatic heterocycles. The predicted molar refractivity (Wildman–Crippen MR) is 125 cm³/mol. The van der Waals surface area contributed by atoms with Crippen LogP contribution in [0.2, 0.25) is 0 Å². The lowest BCUT2D eigenvalue weighted by atomic mass is 9.98. The van der Waals surface area contributed by atoms with Gasteiger partial charge in [0.05, 0.1) is 0 Å². The van der Waals surface area contributed by atoms with Crippen molar-refractivity contribution < 1.29 is 14.3 Å². The van der Waals surface area contributed by atoms with Crippen molar-refractivity contribution >= 4 is 11.9 Å². The summed E-state index contributed by atoms with van der Waals surface area (Å²) in [4.78, 5) is 23.3. The van der Waals surface area contributed by atoms with Gasteiger partial charge in [-0.15, -0.1) is 0 Å². The summed E-state index contributed by atoms with van der Waals surface area (Å²) in [5.74, 6) is 6.32. The van der Waals surface area contributed by atoms with Crippen LogP contribution in [-0.4, -0.2) is 25.0 Å². The van der Waals surface area contributed by atoms with Crippen LogP contribution in [0.4, 0.5) is 4.79 Å². The van der Waals surface area contributed by atoms with Crippen LogP contribution in [0.25, 0.3) is 11.1 Å². The number of nitrogens with one attached hydrogen (secondary N) is 1. The molecule has 3 aromatic rings. The second kappa shape index (κ2) is 9.98. The molecule has 1 N–H and O–H groups in total. The Bertz CT molecular complexity index is 1140. The molecule has 0 radical (unpaired) electrons. The quantitative estimate of drug-likeness (QED) is 0.443. The number of amides is 1. The third-order valence-electron chi connectivity index (χ3n) is 5.50. The van der Waals surface area contributed by atoms with Crippen LogP contribution in [0.15, 0.2) is 72.8 Å². The Hall–Kier alpha value is -3.84. The van der Waals surface area contributed by atoms with E-state index in [9.17, 15) is 9.59 Å². The van der Waals surface area contributed by atoms with E-state index in [0.29, 0.717) is 26.0 Å². The smallest absolute Gasteiger partial charge is 0.407 e. The minimum absolute atomic E-state index is 0.0546. The van der Waals surface area contributed by atoms with Gasteiger partial charge in [0.1, 0.15) is 12.4 Å². The molecule has 0 spiro atoms. The van der Waals surface area contributed by atoms with Crippen LogP contribution in [0, 0.1) is 11.8 Å². The molecule has 4 nitrogen and oxygen atoms in total. The number of alkyl carbamates (subject to hydrolysis) is 1. The first-order chi connectivity index (χ1) is 15.6. The zero-order valence-electron chi connectivity index (χ0n) is 18.1. The van der Waals surface area contributed by atoms with Gasteiger partial charge in [-0.25, -0.2) is 4.79 Å². The molecule has 1 aliphatic carbocycles. The molecule has 0 bridgehead atoms. The summed E-state index contributed by atoms with van der Waals surface area (Å²) in [6.45, 7) is 2.31. The first-order valence-electron chi connectivity index (χ1n) is 10.8. The van der Waals surface area contributed by atoms with Crippen molar-refractivity contribution in [2.45, 2.75) is 25.7 Å². The number of fused-ring (bicyclic) bond motifs is 3. The fourth-order valence-corrected chi connectivity index (χ4v) is 4.03. The van der Waals surface area contributed by atoms with Crippen molar-refractivity contribution in [1.29, 1.82) is 0 Å². The molecule has 4 heteroatoms. The van der Waals surface area contributed by atoms with Crippen molar-refractivity contribution in [3.05, 3.63) is 95.1 Å². The normalized spacial score (nSPS) is 11.7. The summed E-state index contributed by atoms with van der Waals surface area (Å²) < 4.78 is 5.52. The largest absolute Gasteiger partial charge is 0.449 e. The number of Topliss-reactive ketones (excluding diaryl/α,β-unsaturated/α-hetero) is 1. The highest BCUT2D eigenvalue weighted by molar-refractivity contribution is 5.79. The molecule has 160 valence electrons. The van der Waals surface area contributed by atoms with E-state index < -0.39 is 6.09 Å². The highest BCUT2D eigenvalue weighted by Crippen LogP contribution is 2.44. The number of benzene rings is 3. The third kappa shape index (κ3) is 5.07. The molecule has 0 heterocycles. The monoisotopic (exact) mass is 423 g/mol. The molecular formula is C28H25NO3. The molecule has 3 aromatic carbocycles. The third-order valence-corrected chi connectivity index (χ3v) is 5.50. The molecule has 0 saturated carbocycles. The highest BCUT2D eigenvalue weighted by Gasteiger charge is 2.28. The maximum absolute atomic E-state index is 12.2.